The highest BCUT2D eigenvalue weighted by Crippen LogP contribution is 2.37. The van der Waals surface area contributed by atoms with Crippen molar-refractivity contribution >= 4 is 38.3 Å². The molecule has 1 aromatic carbocycles. The van der Waals surface area contributed by atoms with Gasteiger partial charge in [-0.2, -0.15) is 5.10 Å². The van der Waals surface area contributed by atoms with Crippen LogP contribution in [-0.2, 0) is 21.4 Å². The third-order valence-corrected chi connectivity index (χ3v) is 7.81. The Morgan fingerprint density at radius 3 is 2.70 bits per heavy atom. The summed E-state index contributed by atoms with van der Waals surface area (Å²) in [5.41, 5.74) is -0.531. The van der Waals surface area contributed by atoms with E-state index >= 15 is 4.39 Å². The van der Waals surface area contributed by atoms with E-state index in [1.54, 1.807) is 10.9 Å². The molecule has 0 amide bonds. The van der Waals surface area contributed by atoms with Gasteiger partial charge in [0, 0.05) is 12.8 Å². The fourth-order valence-electron chi connectivity index (χ4n) is 4.31. The van der Waals surface area contributed by atoms with Gasteiger partial charge in [0.2, 0.25) is 5.88 Å². The Morgan fingerprint density at radius 2 is 1.98 bits per heavy atom. The van der Waals surface area contributed by atoms with Gasteiger partial charge in [0.25, 0.3) is 10.0 Å². The molecule has 4 aromatic rings. The summed E-state index contributed by atoms with van der Waals surface area (Å²) < 4.78 is 81.7. The van der Waals surface area contributed by atoms with Crippen molar-refractivity contribution in [3.8, 4) is 17.4 Å². The van der Waals surface area contributed by atoms with Gasteiger partial charge in [-0.05, 0) is 37.5 Å². The largest absolute Gasteiger partial charge is 0.492 e. The van der Waals surface area contributed by atoms with Crippen molar-refractivity contribution in [1.29, 1.82) is 0 Å². The van der Waals surface area contributed by atoms with Crippen molar-refractivity contribution in [2.24, 2.45) is 0 Å². The SMILES string of the molecule is COc1ncc(Cl)cc1S(=O)(=O)Nc1ccc(F)c(COc2cnc3c(cnn3C3CCCCO3)c2OC)c1F. The number of nitrogens with one attached hydrogen (secondary N) is 1. The lowest BCUT2D eigenvalue weighted by Gasteiger charge is -2.23. The first kappa shape index (κ1) is 27.8. The van der Waals surface area contributed by atoms with Crippen LogP contribution < -0.4 is 18.9 Å². The van der Waals surface area contributed by atoms with Crippen molar-refractivity contribution in [1.82, 2.24) is 19.7 Å². The second-order valence-corrected chi connectivity index (χ2v) is 10.8. The summed E-state index contributed by atoms with van der Waals surface area (Å²) in [6.45, 7) is 0.0267. The molecule has 0 saturated carbocycles. The van der Waals surface area contributed by atoms with Crippen LogP contribution in [0.25, 0.3) is 11.0 Å². The van der Waals surface area contributed by atoms with Crippen LogP contribution in [0.4, 0.5) is 14.5 Å². The van der Waals surface area contributed by atoms with E-state index in [-0.39, 0.29) is 28.6 Å². The van der Waals surface area contributed by atoms with E-state index in [0.717, 1.165) is 37.5 Å². The molecule has 1 saturated heterocycles. The molecule has 1 fully saturated rings. The Balaban J connectivity index is 1.41. The molecule has 0 aliphatic carbocycles. The van der Waals surface area contributed by atoms with Gasteiger partial charge in [0.15, 0.2) is 34.1 Å². The van der Waals surface area contributed by atoms with Crippen molar-refractivity contribution in [2.75, 3.05) is 25.5 Å². The maximum atomic E-state index is 15.4. The average Bonchev–Trinajstić information content (AvgIpc) is 3.39. The molecule has 11 nitrogen and oxygen atoms in total. The second-order valence-electron chi connectivity index (χ2n) is 8.75. The normalized spacial score (nSPS) is 15.7. The Hall–Kier alpha value is -3.75. The molecule has 5 rings (SSSR count). The Labute approximate surface area is 233 Å². The molecule has 1 aliphatic heterocycles. The van der Waals surface area contributed by atoms with Gasteiger partial charge < -0.3 is 18.9 Å². The van der Waals surface area contributed by atoms with Crippen molar-refractivity contribution < 1.29 is 36.1 Å². The van der Waals surface area contributed by atoms with Crippen LogP contribution in [-0.4, -0.2) is 49.0 Å². The van der Waals surface area contributed by atoms with Crippen LogP contribution in [0.5, 0.6) is 17.4 Å². The highest BCUT2D eigenvalue weighted by molar-refractivity contribution is 7.92. The van der Waals surface area contributed by atoms with E-state index in [1.807, 2.05) is 0 Å². The maximum absolute atomic E-state index is 15.4. The summed E-state index contributed by atoms with van der Waals surface area (Å²) in [5.74, 6) is -1.99. The topological polar surface area (TPSA) is 127 Å². The maximum Gasteiger partial charge on any atom is 0.267 e. The number of sulfonamides is 1. The predicted octanol–water partition coefficient (Wildman–Crippen LogP) is 4.85. The van der Waals surface area contributed by atoms with Crippen LogP contribution in [0.1, 0.15) is 31.1 Å². The lowest BCUT2D eigenvalue weighted by atomic mass is 10.2. The number of hydrogen-bond acceptors (Lipinski definition) is 9. The van der Waals surface area contributed by atoms with E-state index < -0.39 is 44.4 Å². The molecular formula is C25H24ClF2N5O6S. The van der Waals surface area contributed by atoms with Crippen LogP contribution in [0.2, 0.25) is 5.02 Å². The summed E-state index contributed by atoms with van der Waals surface area (Å²) in [4.78, 5) is 7.80. The highest BCUT2D eigenvalue weighted by atomic mass is 35.5. The number of benzene rings is 1. The van der Waals surface area contributed by atoms with Crippen molar-refractivity contribution in [3.05, 3.63) is 59.0 Å². The summed E-state index contributed by atoms with van der Waals surface area (Å²) in [7, 11) is -1.77. The molecule has 15 heteroatoms. The summed E-state index contributed by atoms with van der Waals surface area (Å²) in [6.07, 6.45) is 6.63. The van der Waals surface area contributed by atoms with E-state index in [4.69, 9.17) is 30.5 Å². The quantitative estimate of drug-likeness (QED) is 0.289. The zero-order valence-electron chi connectivity index (χ0n) is 21.4. The first-order valence-electron chi connectivity index (χ1n) is 12.1. The molecule has 1 unspecified atom stereocenters. The summed E-state index contributed by atoms with van der Waals surface area (Å²) in [5, 5.41) is 4.94. The minimum absolute atomic E-state index is 0.0196. The van der Waals surface area contributed by atoms with Crippen LogP contribution in [0.15, 0.2) is 41.7 Å². The zero-order valence-corrected chi connectivity index (χ0v) is 22.9. The molecule has 3 aromatic heterocycles. The Morgan fingerprint density at radius 1 is 1.15 bits per heavy atom. The number of ether oxygens (including phenoxy) is 4. The third-order valence-electron chi connectivity index (χ3n) is 6.24. The molecule has 0 spiro atoms. The summed E-state index contributed by atoms with van der Waals surface area (Å²) >= 11 is 5.88. The van der Waals surface area contributed by atoms with Gasteiger partial charge in [0.05, 0.1) is 48.3 Å². The highest BCUT2D eigenvalue weighted by Gasteiger charge is 2.26. The van der Waals surface area contributed by atoms with Crippen molar-refractivity contribution in [3.63, 3.8) is 0 Å². The fourth-order valence-corrected chi connectivity index (χ4v) is 5.74. The average molecular weight is 596 g/mol. The van der Waals surface area contributed by atoms with Gasteiger partial charge in [-0.3, -0.25) is 4.72 Å². The molecular weight excluding hydrogens is 572 g/mol. The number of fused-ring (bicyclic) bond motifs is 1. The smallest absolute Gasteiger partial charge is 0.267 e. The van der Waals surface area contributed by atoms with Crippen LogP contribution >= 0.6 is 11.6 Å². The standard InChI is InChI=1S/C25H24ClF2N5O6S/c1-36-23-15-11-31-33(21-5-3-4-8-38-21)24(15)29-12-19(23)39-13-16-17(27)6-7-18(22(16)28)32-40(34,35)20-9-14(26)10-30-25(20)37-2/h6-7,9-12,21,32H,3-5,8,13H2,1-2H3. The lowest BCUT2D eigenvalue weighted by molar-refractivity contribution is -0.0370. The van der Waals surface area contributed by atoms with E-state index in [2.05, 4.69) is 19.8 Å². The molecule has 4 heterocycles. The van der Waals surface area contributed by atoms with Crippen molar-refractivity contribution in [2.45, 2.75) is 37.0 Å². The number of nitrogens with zero attached hydrogens (tertiary/aromatic N) is 4. The van der Waals surface area contributed by atoms with Gasteiger partial charge in [0.1, 0.15) is 12.4 Å². The van der Waals surface area contributed by atoms with Gasteiger partial charge in [-0.25, -0.2) is 31.8 Å². The van der Waals surface area contributed by atoms with Gasteiger partial charge in [-0.1, -0.05) is 11.6 Å². The zero-order chi connectivity index (χ0) is 28.4. The first-order chi connectivity index (χ1) is 19.2. The molecule has 0 radical (unpaired) electrons. The number of pyridine rings is 2. The molecule has 0 bridgehead atoms. The minimum Gasteiger partial charge on any atom is -0.492 e. The van der Waals surface area contributed by atoms with Crippen LogP contribution in [0, 0.1) is 11.6 Å². The number of halogens is 3. The second kappa shape index (κ2) is 11.4. The first-order valence-corrected chi connectivity index (χ1v) is 13.9. The molecule has 1 atom stereocenters. The number of aromatic nitrogens is 4. The minimum atomic E-state index is -4.41. The molecule has 40 heavy (non-hydrogen) atoms. The van der Waals surface area contributed by atoms with Gasteiger partial charge >= 0.3 is 0 Å². The monoisotopic (exact) mass is 595 g/mol. The predicted molar refractivity (Wildman–Crippen MR) is 140 cm³/mol. The fraction of sp³-hybridized carbons (Fsp3) is 0.320. The third kappa shape index (κ3) is 5.33. The van der Waals surface area contributed by atoms with E-state index in [9.17, 15) is 12.8 Å². The molecule has 1 N–H and O–H groups in total. The van der Waals surface area contributed by atoms with Crippen LogP contribution in [0.3, 0.4) is 0 Å². The molecule has 1 aliphatic rings. The molecule has 212 valence electrons. The lowest BCUT2D eigenvalue weighted by Crippen LogP contribution is -2.19. The Kier molecular flexibility index (Phi) is 7.92. The number of anilines is 1. The van der Waals surface area contributed by atoms with Gasteiger partial charge in [-0.15, -0.1) is 0 Å². The number of hydrogen-bond donors (Lipinski definition) is 1. The number of rotatable bonds is 9. The number of methoxy groups -OCH3 is 2. The summed E-state index contributed by atoms with van der Waals surface area (Å²) in [6, 6.07) is 2.96. The Bertz CT molecular complexity index is 1660. The van der Waals surface area contributed by atoms with E-state index in [1.165, 1.54) is 26.6 Å². The van der Waals surface area contributed by atoms with E-state index in [0.29, 0.717) is 17.6 Å².